The predicted molar refractivity (Wildman–Crippen MR) is 38.6 cm³/mol. The Labute approximate surface area is 95.3 Å². The third-order valence-electron chi connectivity index (χ3n) is 1.36. The molecule has 0 bridgehead atoms. The van der Waals surface area contributed by atoms with Gasteiger partial charge in [0.2, 0.25) is 0 Å². The summed E-state index contributed by atoms with van der Waals surface area (Å²) in [6.07, 6.45) is 0. The molecule has 0 saturated heterocycles. The molecule has 12 heavy (non-hydrogen) atoms. The Morgan fingerprint density at radius 1 is 1.58 bits per heavy atom. The third-order valence-corrected chi connectivity index (χ3v) is 1.36. The van der Waals surface area contributed by atoms with E-state index in [9.17, 15) is 4.79 Å². The van der Waals surface area contributed by atoms with Crippen molar-refractivity contribution in [3.8, 4) is 5.75 Å². The second-order valence-electron chi connectivity index (χ2n) is 2.23. The zero-order valence-electron chi connectivity index (χ0n) is 6.53. The van der Waals surface area contributed by atoms with Gasteiger partial charge in [-0.15, -0.1) is 11.6 Å². The molecule has 0 aromatic heterocycles. The molecule has 2 N–H and O–H groups in total. The first-order chi connectivity index (χ1) is 5.11. The molecule has 0 fully saturated rings. The van der Waals surface area contributed by atoms with E-state index >= 15 is 0 Å². The largest absolute Gasteiger partial charge is 0.534 e. The Morgan fingerprint density at radius 3 is 2.58 bits per heavy atom. The Morgan fingerprint density at radius 2 is 2.17 bits per heavy atom. The summed E-state index contributed by atoms with van der Waals surface area (Å²) in [5.41, 5.74) is 0.658. The number of phenolic OH excluding ortho intramolecular Hbond substituents is 1. The van der Waals surface area contributed by atoms with Crippen molar-refractivity contribution in [2.75, 3.05) is 0 Å². The van der Waals surface area contributed by atoms with E-state index in [0.29, 0.717) is 5.56 Å². The minimum Gasteiger partial charge on any atom is -0.534 e. The molecule has 0 aliphatic rings. The molecular formula is C8H7O3Y-. The van der Waals surface area contributed by atoms with Crippen LogP contribution in [0.4, 0.5) is 0 Å². The van der Waals surface area contributed by atoms with E-state index in [4.69, 9.17) is 10.2 Å². The van der Waals surface area contributed by atoms with Crippen molar-refractivity contribution in [2.45, 2.75) is 6.92 Å². The van der Waals surface area contributed by atoms with E-state index in [-0.39, 0.29) is 44.0 Å². The zero-order chi connectivity index (χ0) is 8.43. The minimum absolute atomic E-state index is 0. The summed E-state index contributed by atoms with van der Waals surface area (Å²) < 4.78 is 0. The molecule has 0 atom stereocenters. The van der Waals surface area contributed by atoms with Gasteiger partial charge in [-0.25, -0.2) is 0 Å². The molecule has 0 heterocycles. The number of aryl methyl sites for hydroxylation is 1. The maximum Gasteiger partial charge on any atom is 0.278 e. The number of aromatic carboxylic acids is 1. The summed E-state index contributed by atoms with van der Waals surface area (Å²) in [4.78, 5) is 10.4. The van der Waals surface area contributed by atoms with E-state index < -0.39 is 5.97 Å². The van der Waals surface area contributed by atoms with Crippen LogP contribution in [0, 0.1) is 13.0 Å². The zero-order valence-corrected chi connectivity index (χ0v) is 9.37. The van der Waals surface area contributed by atoms with Crippen LogP contribution in [-0.4, -0.2) is 16.2 Å². The Balaban J connectivity index is 0.00000121. The van der Waals surface area contributed by atoms with Crippen molar-refractivity contribution in [3.63, 3.8) is 0 Å². The third kappa shape index (κ3) is 2.57. The molecule has 1 aromatic rings. The maximum atomic E-state index is 10.4. The number of carboxylic acid groups (broad SMARTS) is 1. The molecule has 0 spiro atoms. The molecule has 0 amide bonds. The fourth-order valence-electron chi connectivity index (χ4n) is 0.727. The normalized spacial score (nSPS) is 8.75. The molecule has 61 valence electrons. The summed E-state index contributed by atoms with van der Waals surface area (Å²) >= 11 is 0. The fourth-order valence-corrected chi connectivity index (χ4v) is 0.727. The first-order valence-corrected chi connectivity index (χ1v) is 3.06. The second kappa shape index (κ2) is 4.58. The molecule has 0 aliphatic heterocycles. The van der Waals surface area contributed by atoms with E-state index in [1.54, 1.807) is 6.92 Å². The van der Waals surface area contributed by atoms with E-state index in [0.717, 1.165) is 0 Å². The number of rotatable bonds is 1. The molecule has 1 aromatic carbocycles. The summed E-state index contributed by atoms with van der Waals surface area (Å²) in [6.45, 7) is 1.62. The van der Waals surface area contributed by atoms with Crippen molar-refractivity contribution in [3.05, 3.63) is 29.3 Å². The fraction of sp³-hybridized carbons (Fsp3) is 0.125. The van der Waals surface area contributed by atoms with Crippen LogP contribution in [0.3, 0.4) is 0 Å². The van der Waals surface area contributed by atoms with Crippen LogP contribution in [0.1, 0.15) is 15.9 Å². The van der Waals surface area contributed by atoms with Gasteiger partial charge >= 0.3 is 0 Å². The quantitative estimate of drug-likeness (QED) is 0.725. The summed E-state index contributed by atoms with van der Waals surface area (Å²) in [5.74, 6) is -1.01. The number of benzene rings is 1. The summed E-state index contributed by atoms with van der Waals surface area (Å²) in [6, 6.07) is 5.06. The standard InChI is InChI=1S/C8H7O3.Y/c1-5-4-6(8(10)11)2-3-7(5)9;/h2,4,9H,1H3,(H,10,11);/q-1;. The number of carbonyl (C=O) groups is 1. The number of aromatic hydroxyl groups is 1. The topological polar surface area (TPSA) is 57.5 Å². The molecule has 3 nitrogen and oxygen atoms in total. The molecule has 4 heteroatoms. The van der Waals surface area contributed by atoms with Crippen LogP contribution < -0.4 is 0 Å². The molecule has 0 unspecified atom stereocenters. The van der Waals surface area contributed by atoms with Crippen molar-refractivity contribution in [1.29, 1.82) is 0 Å². The van der Waals surface area contributed by atoms with Gasteiger partial charge in [-0.2, -0.15) is 12.1 Å². The van der Waals surface area contributed by atoms with Crippen LogP contribution in [0.2, 0.25) is 0 Å². The van der Waals surface area contributed by atoms with Gasteiger partial charge in [0.05, 0.1) is 0 Å². The SMILES string of the molecule is Cc1cc(C(=O)O)c[c-]c1O.[Y]. The second-order valence-corrected chi connectivity index (χ2v) is 2.23. The molecule has 1 radical (unpaired) electrons. The molecule has 0 saturated carbocycles. The van der Waals surface area contributed by atoms with Gasteiger partial charge in [0.25, 0.3) is 5.97 Å². The minimum atomic E-state index is -1.01. The van der Waals surface area contributed by atoms with E-state index in [1.165, 1.54) is 12.1 Å². The Hall–Kier alpha value is -0.406. The Bertz CT molecular complexity index is 296. The van der Waals surface area contributed by atoms with Gasteiger partial charge in [-0.3, -0.25) is 4.79 Å². The van der Waals surface area contributed by atoms with Gasteiger partial charge in [0.1, 0.15) is 0 Å². The Kier molecular flexibility index (Phi) is 4.42. The van der Waals surface area contributed by atoms with Crippen LogP contribution in [-0.2, 0) is 32.7 Å². The number of hydrogen-bond donors (Lipinski definition) is 2. The average Bonchev–Trinajstić information content (AvgIpc) is 1.94. The van der Waals surface area contributed by atoms with E-state index in [1.807, 2.05) is 0 Å². The maximum absolute atomic E-state index is 10.4. The van der Waals surface area contributed by atoms with E-state index in [2.05, 4.69) is 6.07 Å². The van der Waals surface area contributed by atoms with Crippen molar-refractivity contribution in [2.24, 2.45) is 0 Å². The first-order valence-electron chi connectivity index (χ1n) is 3.06. The van der Waals surface area contributed by atoms with Crippen molar-refractivity contribution < 1.29 is 47.7 Å². The molecular weight excluding hydrogens is 233 g/mol. The first kappa shape index (κ1) is 11.6. The van der Waals surface area contributed by atoms with Gasteiger partial charge < -0.3 is 10.2 Å². The average molecular weight is 240 g/mol. The smallest absolute Gasteiger partial charge is 0.278 e. The predicted octanol–water partition coefficient (Wildman–Crippen LogP) is 1.20. The van der Waals surface area contributed by atoms with Crippen LogP contribution in [0.25, 0.3) is 0 Å². The molecule has 0 aliphatic carbocycles. The van der Waals surface area contributed by atoms with Crippen molar-refractivity contribution in [1.82, 2.24) is 0 Å². The van der Waals surface area contributed by atoms with Gasteiger partial charge in [0.15, 0.2) is 0 Å². The van der Waals surface area contributed by atoms with Gasteiger partial charge in [-0.05, 0) is 0 Å². The number of carboxylic acids is 1. The summed E-state index contributed by atoms with van der Waals surface area (Å²) in [7, 11) is 0. The number of phenols is 1. The van der Waals surface area contributed by atoms with Crippen LogP contribution in [0.5, 0.6) is 5.75 Å². The number of hydrogen-bond acceptors (Lipinski definition) is 2. The van der Waals surface area contributed by atoms with Gasteiger partial charge in [0, 0.05) is 38.5 Å². The summed E-state index contributed by atoms with van der Waals surface area (Å²) in [5, 5.41) is 17.5. The van der Waals surface area contributed by atoms with Gasteiger partial charge in [-0.1, -0.05) is 12.5 Å². The molecule has 1 rings (SSSR count). The van der Waals surface area contributed by atoms with Crippen molar-refractivity contribution >= 4 is 5.97 Å². The van der Waals surface area contributed by atoms with Crippen LogP contribution in [0.15, 0.2) is 12.1 Å². The monoisotopic (exact) mass is 240 g/mol. The van der Waals surface area contributed by atoms with Crippen LogP contribution >= 0.6 is 0 Å².